The summed E-state index contributed by atoms with van der Waals surface area (Å²) in [6.45, 7) is 0.0575. The molecule has 5 nitrogen and oxygen atoms in total. The Labute approximate surface area is 142 Å². The van der Waals surface area contributed by atoms with Gasteiger partial charge in [-0.1, -0.05) is 19.3 Å². The molecule has 132 valence electrons. The van der Waals surface area contributed by atoms with Crippen LogP contribution in [0.15, 0.2) is 10.9 Å². The Bertz CT molecular complexity index is 632. The molecule has 1 heterocycles. The first-order valence-corrected chi connectivity index (χ1v) is 9.36. The highest BCUT2D eigenvalue weighted by Crippen LogP contribution is 2.28. The molecule has 1 saturated carbocycles. The average molecular weight is 332 g/mol. The van der Waals surface area contributed by atoms with E-state index in [1.807, 2.05) is 0 Å². The molecule has 0 bridgehead atoms. The number of hydrogen-bond donors (Lipinski definition) is 3. The highest BCUT2D eigenvalue weighted by Gasteiger charge is 2.26. The maximum absolute atomic E-state index is 12.7. The first-order chi connectivity index (χ1) is 11.7. The minimum Gasteiger partial charge on any atom is -0.396 e. The van der Waals surface area contributed by atoms with E-state index in [1.165, 1.54) is 19.3 Å². The van der Waals surface area contributed by atoms with Crippen LogP contribution in [-0.4, -0.2) is 28.6 Å². The molecular weight excluding hydrogens is 304 g/mol. The zero-order valence-electron chi connectivity index (χ0n) is 14.3. The van der Waals surface area contributed by atoms with Gasteiger partial charge in [0.25, 0.3) is 11.5 Å². The summed E-state index contributed by atoms with van der Waals surface area (Å²) in [5, 5.41) is 12.4. The predicted molar refractivity (Wildman–Crippen MR) is 93.2 cm³/mol. The molecule has 1 amide bonds. The molecule has 1 aromatic rings. The van der Waals surface area contributed by atoms with Gasteiger partial charge >= 0.3 is 0 Å². The van der Waals surface area contributed by atoms with Gasteiger partial charge in [-0.15, -0.1) is 0 Å². The van der Waals surface area contributed by atoms with Crippen molar-refractivity contribution < 1.29 is 9.90 Å². The number of aryl methyl sites for hydroxylation is 2. The lowest BCUT2D eigenvalue weighted by Crippen LogP contribution is -2.43. The zero-order valence-corrected chi connectivity index (χ0v) is 14.3. The van der Waals surface area contributed by atoms with Gasteiger partial charge in [0, 0.05) is 18.3 Å². The monoisotopic (exact) mass is 332 g/mol. The number of fused-ring (bicyclic) bond motifs is 1. The molecule has 1 atom stereocenters. The van der Waals surface area contributed by atoms with Crippen LogP contribution in [0.3, 0.4) is 0 Å². The molecule has 2 aliphatic carbocycles. The smallest absolute Gasteiger partial charge is 0.261 e. The number of aromatic amines is 1. The zero-order chi connectivity index (χ0) is 16.9. The van der Waals surface area contributed by atoms with Gasteiger partial charge in [0.2, 0.25) is 0 Å². The minimum atomic E-state index is -0.298. The van der Waals surface area contributed by atoms with Crippen LogP contribution in [0.4, 0.5) is 0 Å². The van der Waals surface area contributed by atoms with E-state index in [4.69, 9.17) is 0 Å². The van der Waals surface area contributed by atoms with E-state index in [2.05, 4.69) is 10.3 Å². The number of amides is 1. The first kappa shape index (κ1) is 17.2. The van der Waals surface area contributed by atoms with Crippen LogP contribution in [0.5, 0.6) is 0 Å². The van der Waals surface area contributed by atoms with Crippen molar-refractivity contribution in [3.05, 3.63) is 33.2 Å². The lowest BCUT2D eigenvalue weighted by Gasteiger charge is -2.30. The van der Waals surface area contributed by atoms with Gasteiger partial charge in [-0.25, -0.2) is 0 Å². The van der Waals surface area contributed by atoms with E-state index in [0.29, 0.717) is 12.3 Å². The Kier molecular flexibility index (Phi) is 5.72. The largest absolute Gasteiger partial charge is 0.396 e. The van der Waals surface area contributed by atoms with Crippen molar-refractivity contribution in [1.29, 1.82) is 0 Å². The summed E-state index contributed by atoms with van der Waals surface area (Å²) >= 11 is 0. The number of nitrogens with one attached hydrogen (secondary N) is 2. The Morgan fingerprint density at radius 1 is 1.21 bits per heavy atom. The molecule has 3 rings (SSSR count). The van der Waals surface area contributed by atoms with Crippen LogP contribution in [0.2, 0.25) is 0 Å². The molecule has 0 spiro atoms. The van der Waals surface area contributed by atoms with Crippen molar-refractivity contribution in [3.63, 3.8) is 0 Å². The van der Waals surface area contributed by atoms with Gasteiger partial charge < -0.3 is 15.4 Å². The summed E-state index contributed by atoms with van der Waals surface area (Å²) in [6, 6.07) is 1.73. The van der Waals surface area contributed by atoms with Gasteiger partial charge in [-0.05, 0) is 62.5 Å². The summed E-state index contributed by atoms with van der Waals surface area (Å²) in [4.78, 5) is 27.8. The number of H-pyrrole nitrogens is 1. The third kappa shape index (κ3) is 3.89. The van der Waals surface area contributed by atoms with E-state index in [1.54, 1.807) is 6.07 Å². The number of carbonyl (C=O) groups is 1. The molecule has 24 heavy (non-hydrogen) atoms. The number of carbonyl (C=O) groups excluding carboxylic acids is 1. The van der Waals surface area contributed by atoms with Gasteiger partial charge in [-0.2, -0.15) is 0 Å². The van der Waals surface area contributed by atoms with E-state index in [-0.39, 0.29) is 29.7 Å². The number of aromatic nitrogens is 1. The highest BCUT2D eigenvalue weighted by molar-refractivity contribution is 5.94. The molecular formula is C19H28N2O3. The fraction of sp³-hybridized carbons (Fsp3) is 0.684. The standard InChI is InChI=1S/C19H28N2O3/c22-11-10-17(13-6-2-1-3-7-13)21-19(24)15-12-14-8-4-5-9-16(14)20-18(15)23/h12-13,17,22H,1-11H2,(H,20,23)(H,21,24). The van der Waals surface area contributed by atoms with Gasteiger partial charge in [0.05, 0.1) is 0 Å². The number of rotatable bonds is 5. The number of hydrogen-bond acceptors (Lipinski definition) is 3. The molecule has 1 aromatic heterocycles. The third-order valence-corrected chi connectivity index (χ3v) is 5.56. The second-order valence-corrected chi connectivity index (χ2v) is 7.21. The lowest BCUT2D eigenvalue weighted by atomic mass is 9.82. The van der Waals surface area contributed by atoms with Gasteiger partial charge in [-0.3, -0.25) is 9.59 Å². The first-order valence-electron chi connectivity index (χ1n) is 9.36. The van der Waals surface area contributed by atoms with Crippen molar-refractivity contribution >= 4 is 5.91 Å². The highest BCUT2D eigenvalue weighted by atomic mass is 16.3. The molecule has 0 saturated heterocycles. The quantitative estimate of drug-likeness (QED) is 0.774. The normalized spacial score (nSPS) is 19.5. The summed E-state index contributed by atoms with van der Waals surface area (Å²) in [5.74, 6) is 0.111. The van der Waals surface area contributed by atoms with E-state index in [9.17, 15) is 14.7 Å². The van der Waals surface area contributed by atoms with Crippen LogP contribution in [0.25, 0.3) is 0 Å². The number of aliphatic hydroxyl groups is 1. The minimum absolute atomic E-state index is 0.0433. The topological polar surface area (TPSA) is 82.2 Å². The van der Waals surface area contributed by atoms with Crippen molar-refractivity contribution in [3.8, 4) is 0 Å². The Hall–Kier alpha value is -1.62. The molecule has 3 N–H and O–H groups in total. The summed E-state index contributed by atoms with van der Waals surface area (Å²) < 4.78 is 0. The Morgan fingerprint density at radius 2 is 1.96 bits per heavy atom. The lowest BCUT2D eigenvalue weighted by molar-refractivity contribution is 0.0898. The molecule has 1 fully saturated rings. The second-order valence-electron chi connectivity index (χ2n) is 7.21. The van der Waals surface area contributed by atoms with Crippen molar-refractivity contribution in [2.24, 2.45) is 5.92 Å². The Balaban J connectivity index is 1.76. The van der Waals surface area contributed by atoms with E-state index >= 15 is 0 Å². The van der Waals surface area contributed by atoms with Crippen molar-refractivity contribution in [2.75, 3.05) is 6.61 Å². The van der Waals surface area contributed by atoms with Crippen LogP contribution in [-0.2, 0) is 12.8 Å². The van der Waals surface area contributed by atoms with E-state index in [0.717, 1.165) is 49.8 Å². The van der Waals surface area contributed by atoms with Crippen molar-refractivity contribution in [1.82, 2.24) is 10.3 Å². The maximum atomic E-state index is 12.7. The average Bonchev–Trinajstić information content (AvgIpc) is 2.61. The molecule has 0 radical (unpaired) electrons. The van der Waals surface area contributed by atoms with Crippen LogP contribution >= 0.6 is 0 Å². The third-order valence-electron chi connectivity index (χ3n) is 5.56. The molecule has 1 unspecified atom stereocenters. The SMILES string of the molecule is O=C(NC(CCO)C1CCCCC1)c1cc2c([nH]c1=O)CCCC2. The van der Waals surface area contributed by atoms with Crippen LogP contribution in [0, 0.1) is 5.92 Å². The summed E-state index contributed by atoms with van der Waals surface area (Å²) in [7, 11) is 0. The van der Waals surface area contributed by atoms with E-state index < -0.39 is 0 Å². The summed E-state index contributed by atoms with van der Waals surface area (Å²) in [5.41, 5.74) is 2.01. The second kappa shape index (κ2) is 7.97. The number of pyridine rings is 1. The van der Waals surface area contributed by atoms with Crippen LogP contribution in [0.1, 0.15) is 73.0 Å². The molecule has 0 aliphatic heterocycles. The van der Waals surface area contributed by atoms with Crippen LogP contribution < -0.4 is 10.9 Å². The molecule has 0 aromatic carbocycles. The van der Waals surface area contributed by atoms with Gasteiger partial charge in [0.1, 0.15) is 5.56 Å². The Morgan fingerprint density at radius 3 is 2.71 bits per heavy atom. The maximum Gasteiger partial charge on any atom is 0.261 e. The summed E-state index contributed by atoms with van der Waals surface area (Å²) in [6.07, 6.45) is 10.4. The fourth-order valence-electron chi connectivity index (χ4n) is 4.19. The van der Waals surface area contributed by atoms with Crippen molar-refractivity contribution in [2.45, 2.75) is 70.3 Å². The number of aliphatic hydroxyl groups excluding tert-OH is 1. The molecule has 5 heteroatoms. The fourth-order valence-corrected chi connectivity index (χ4v) is 4.19. The predicted octanol–water partition coefficient (Wildman–Crippen LogP) is 2.31. The van der Waals surface area contributed by atoms with Gasteiger partial charge in [0.15, 0.2) is 0 Å². The molecule has 2 aliphatic rings.